The molecule has 78 valence electrons. The van der Waals surface area contributed by atoms with Crippen LogP contribution in [-0.2, 0) is 0 Å². The van der Waals surface area contributed by atoms with Crippen molar-refractivity contribution in [1.29, 1.82) is 0 Å². The quantitative estimate of drug-likeness (QED) is 0.594. The van der Waals surface area contributed by atoms with Crippen LogP contribution in [0.1, 0.15) is 0 Å². The Balaban J connectivity index is 3.02. The number of benzene rings is 1. The SMILES string of the molecule is Nc1c(F)cc(OC(F)(F)F)cc1Cl. The number of alkyl halides is 3. The van der Waals surface area contributed by atoms with Gasteiger partial charge in [-0.05, 0) is 0 Å². The lowest BCUT2D eigenvalue weighted by Gasteiger charge is -2.09. The smallest absolute Gasteiger partial charge is 0.406 e. The zero-order valence-corrected chi connectivity index (χ0v) is 7.29. The molecule has 0 saturated heterocycles. The van der Waals surface area contributed by atoms with Crippen molar-refractivity contribution in [1.82, 2.24) is 0 Å². The van der Waals surface area contributed by atoms with E-state index in [4.69, 9.17) is 17.3 Å². The molecule has 1 rings (SSSR count). The highest BCUT2D eigenvalue weighted by atomic mass is 35.5. The van der Waals surface area contributed by atoms with E-state index in [1.165, 1.54) is 0 Å². The van der Waals surface area contributed by atoms with Gasteiger partial charge in [0.1, 0.15) is 5.75 Å². The van der Waals surface area contributed by atoms with Crippen LogP contribution in [-0.4, -0.2) is 6.36 Å². The fourth-order valence-corrected chi connectivity index (χ4v) is 0.951. The molecule has 0 aliphatic carbocycles. The van der Waals surface area contributed by atoms with E-state index in [0.29, 0.717) is 6.07 Å². The highest BCUT2D eigenvalue weighted by Crippen LogP contribution is 2.30. The van der Waals surface area contributed by atoms with E-state index in [-0.39, 0.29) is 5.02 Å². The second-order valence-corrected chi connectivity index (χ2v) is 2.76. The monoisotopic (exact) mass is 229 g/mol. The molecule has 1 aromatic carbocycles. The number of hydrogen-bond acceptors (Lipinski definition) is 2. The average Bonchev–Trinajstić information content (AvgIpc) is 1.96. The van der Waals surface area contributed by atoms with Crippen LogP contribution in [0.25, 0.3) is 0 Å². The van der Waals surface area contributed by atoms with Gasteiger partial charge in [0, 0.05) is 12.1 Å². The lowest BCUT2D eigenvalue weighted by atomic mass is 10.3. The Morgan fingerprint density at radius 1 is 1.29 bits per heavy atom. The zero-order valence-electron chi connectivity index (χ0n) is 6.53. The third-order valence-electron chi connectivity index (χ3n) is 1.29. The first-order valence-electron chi connectivity index (χ1n) is 3.30. The summed E-state index contributed by atoms with van der Waals surface area (Å²) in [6.07, 6.45) is -4.88. The number of anilines is 1. The van der Waals surface area contributed by atoms with Gasteiger partial charge in [0.15, 0.2) is 5.82 Å². The molecule has 7 heteroatoms. The van der Waals surface area contributed by atoms with Gasteiger partial charge in [0.25, 0.3) is 0 Å². The summed E-state index contributed by atoms with van der Waals surface area (Å²) in [6, 6.07) is 1.29. The van der Waals surface area contributed by atoms with Gasteiger partial charge in [-0.25, -0.2) is 4.39 Å². The van der Waals surface area contributed by atoms with Crippen molar-refractivity contribution in [3.63, 3.8) is 0 Å². The summed E-state index contributed by atoms with van der Waals surface area (Å²) in [4.78, 5) is 0. The topological polar surface area (TPSA) is 35.2 Å². The molecule has 0 fully saturated rings. The number of hydrogen-bond donors (Lipinski definition) is 1. The Morgan fingerprint density at radius 2 is 1.86 bits per heavy atom. The van der Waals surface area contributed by atoms with Gasteiger partial charge in [-0.2, -0.15) is 0 Å². The van der Waals surface area contributed by atoms with Crippen LogP contribution < -0.4 is 10.5 Å². The molecule has 0 atom stereocenters. The molecular formula is C7H4ClF4NO. The molecule has 0 bridgehead atoms. The summed E-state index contributed by atoms with van der Waals surface area (Å²) in [5, 5.41) is -0.329. The maximum absolute atomic E-state index is 12.8. The van der Waals surface area contributed by atoms with Gasteiger partial charge >= 0.3 is 6.36 Å². The fourth-order valence-electron chi connectivity index (χ4n) is 0.754. The molecular weight excluding hydrogens is 226 g/mol. The lowest BCUT2D eigenvalue weighted by molar-refractivity contribution is -0.274. The summed E-state index contributed by atoms with van der Waals surface area (Å²) in [5.41, 5.74) is 4.66. The molecule has 0 radical (unpaired) electrons. The summed E-state index contributed by atoms with van der Waals surface area (Å²) >= 11 is 5.34. The van der Waals surface area contributed by atoms with E-state index >= 15 is 0 Å². The highest BCUT2D eigenvalue weighted by Gasteiger charge is 2.31. The van der Waals surface area contributed by atoms with Crippen molar-refractivity contribution in [3.8, 4) is 5.75 Å². The molecule has 0 aromatic heterocycles. The summed E-state index contributed by atoms with van der Waals surface area (Å²) in [6.45, 7) is 0. The summed E-state index contributed by atoms with van der Waals surface area (Å²) in [7, 11) is 0. The Bertz CT molecular complexity index is 329. The van der Waals surface area contributed by atoms with Crippen LogP contribution in [0.15, 0.2) is 12.1 Å². The van der Waals surface area contributed by atoms with Crippen molar-refractivity contribution in [2.45, 2.75) is 6.36 Å². The molecule has 2 nitrogen and oxygen atoms in total. The van der Waals surface area contributed by atoms with E-state index in [9.17, 15) is 17.6 Å². The summed E-state index contributed by atoms with van der Waals surface area (Å²) in [5.74, 6) is -1.80. The van der Waals surface area contributed by atoms with Gasteiger partial charge in [0.05, 0.1) is 10.7 Å². The largest absolute Gasteiger partial charge is 0.573 e. The van der Waals surface area contributed by atoms with E-state index in [1.807, 2.05) is 0 Å². The van der Waals surface area contributed by atoms with Crippen molar-refractivity contribution < 1.29 is 22.3 Å². The predicted molar refractivity (Wildman–Crippen MR) is 42.5 cm³/mol. The van der Waals surface area contributed by atoms with Crippen LogP contribution in [0.3, 0.4) is 0 Å². The average molecular weight is 230 g/mol. The van der Waals surface area contributed by atoms with Gasteiger partial charge in [-0.15, -0.1) is 13.2 Å². The standard InChI is InChI=1S/C7H4ClF4NO/c8-4-1-3(14-7(10,11)12)2-5(9)6(4)13/h1-2H,13H2. The van der Waals surface area contributed by atoms with Crippen LogP contribution in [0.4, 0.5) is 23.2 Å². The third-order valence-corrected chi connectivity index (χ3v) is 1.60. The Kier molecular flexibility index (Phi) is 2.75. The predicted octanol–water partition coefficient (Wildman–Crippen LogP) is 2.96. The Hall–Kier alpha value is -1.17. The number of rotatable bonds is 1. The minimum absolute atomic E-state index is 0.329. The number of ether oxygens (including phenoxy) is 1. The minimum atomic E-state index is -4.88. The highest BCUT2D eigenvalue weighted by molar-refractivity contribution is 6.33. The molecule has 0 heterocycles. The van der Waals surface area contributed by atoms with E-state index in [2.05, 4.69) is 4.74 Å². The van der Waals surface area contributed by atoms with E-state index < -0.39 is 23.6 Å². The van der Waals surface area contributed by atoms with Crippen LogP contribution >= 0.6 is 11.6 Å². The van der Waals surface area contributed by atoms with Crippen LogP contribution in [0.2, 0.25) is 5.02 Å². The number of nitrogen functional groups attached to an aromatic ring is 1. The fraction of sp³-hybridized carbons (Fsp3) is 0.143. The molecule has 0 aliphatic heterocycles. The Labute approximate surface area is 81.2 Å². The molecule has 0 unspecified atom stereocenters. The molecule has 0 saturated carbocycles. The van der Waals surface area contributed by atoms with Gasteiger partial charge < -0.3 is 10.5 Å². The maximum atomic E-state index is 12.8. The van der Waals surface area contributed by atoms with E-state index in [1.54, 1.807) is 0 Å². The van der Waals surface area contributed by atoms with Crippen molar-refractivity contribution in [2.75, 3.05) is 5.73 Å². The zero-order chi connectivity index (χ0) is 10.9. The second kappa shape index (κ2) is 3.53. The second-order valence-electron chi connectivity index (χ2n) is 2.35. The van der Waals surface area contributed by atoms with Gasteiger partial charge in [-0.3, -0.25) is 0 Å². The molecule has 0 aliphatic rings. The normalized spacial score (nSPS) is 11.5. The molecule has 2 N–H and O–H groups in total. The molecule has 0 amide bonds. The van der Waals surface area contributed by atoms with Crippen LogP contribution in [0, 0.1) is 5.82 Å². The number of halogens is 5. The van der Waals surface area contributed by atoms with Gasteiger partial charge in [-0.1, -0.05) is 11.6 Å². The molecule has 0 spiro atoms. The van der Waals surface area contributed by atoms with Crippen LogP contribution in [0.5, 0.6) is 5.75 Å². The summed E-state index contributed by atoms with van der Waals surface area (Å²) < 4.78 is 51.3. The first-order valence-corrected chi connectivity index (χ1v) is 3.67. The van der Waals surface area contributed by atoms with Crippen molar-refractivity contribution >= 4 is 17.3 Å². The Morgan fingerprint density at radius 3 is 2.29 bits per heavy atom. The maximum Gasteiger partial charge on any atom is 0.573 e. The third kappa shape index (κ3) is 2.66. The molecule has 1 aromatic rings. The van der Waals surface area contributed by atoms with Crippen molar-refractivity contribution in [2.24, 2.45) is 0 Å². The lowest BCUT2D eigenvalue weighted by Crippen LogP contribution is -2.17. The number of nitrogens with two attached hydrogens (primary N) is 1. The first-order chi connectivity index (χ1) is 6.29. The van der Waals surface area contributed by atoms with Crippen molar-refractivity contribution in [3.05, 3.63) is 23.0 Å². The minimum Gasteiger partial charge on any atom is -0.406 e. The molecule has 14 heavy (non-hydrogen) atoms. The van der Waals surface area contributed by atoms with E-state index in [0.717, 1.165) is 6.07 Å². The first kappa shape index (κ1) is 10.9. The van der Waals surface area contributed by atoms with Gasteiger partial charge in [0.2, 0.25) is 0 Å².